The van der Waals surface area contributed by atoms with Gasteiger partial charge in [0.05, 0.1) is 5.92 Å². The topological polar surface area (TPSA) is 101 Å². The maximum absolute atomic E-state index is 12.5. The first-order valence-electron chi connectivity index (χ1n) is 7.98. The van der Waals surface area contributed by atoms with Gasteiger partial charge in [0.1, 0.15) is 0 Å². The third kappa shape index (κ3) is 4.24. The lowest BCUT2D eigenvalue weighted by Gasteiger charge is -2.32. The largest absolute Gasteiger partial charge is 0.366 e. The molecule has 0 bridgehead atoms. The first-order chi connectivity index (χ1) is 12.0. The maximum atomic E-state index is 12.5. The van der Waals surface area contributed by atoms with E-state index in [9.17, 15) is 9.59 Å². The van der Waals surface area contributed by atoms with E-state index in [1.165, 1.54) is 0 Å². The number of carbonyl (C=O) groups is 2. The summed E-state index contributed by atoms with van der Waals surface area (Å²) in [7, 11) is 0. The van der Waals surface area contributed by atoms with Crippen molar-refractivity contribution in [3.63, 3.8) is 0 Å². The molecule has 1 fully saturated rings. The number of nitrogens with zero attached hydrogens (tertiary/aromatic N) is 3. The van der Waals surface area contributed by atoms with Crippen LogP contribution in [0.1, 0.15) is 23.2 Å². The minimum atomic E-state index is -0.495. The molecular formula is C17H18ClN5O2. The number of benzene rings is 1. The lowest BCUT2D eigenvalue weighted by molar-refractivity contribution is -0.120. The third-order valence-corrected chi connectivity index (χ3v) is 4.37. The summed E-state index contributed by atoms with van der Waals surface area (Å²) >= 11 is 5.77. The molecule has 0 unspecified atom stereocenters. The van der Waals surface area contributed by atoms with E-state index >= 15 is 0 Å². The molecule has 8 heteroatoms. The SMILES string of the molecule is NC(=O)c1ccc(NC(=O)[C@@H]2CCCN(c3ccc(Cl)nn3)C2)cc1. The number of hydrogen-bond acceptors (Lipinski definition) is 5. The number of rotatable bonds is 4. The zero-order chi connectivity index (χ0) is 17.8. The van der Waals surface area contributed by atoms with E-state index in [0.717, 1.165) is 19.4 Å². The van der Waals surface area contributed by atoms with Gasteiger partial charge in [-0.3, -0.25) is 9.59 Å². The molecule has 7 nitrogen and oxygen atoms in total. The Kier molecular flexibility index (Phi) is 5.14. The highest BCUT2D eigenvalue weighted by Gasteiger charge is 2.26. The number of halogens is 1. The van der Waals surface area contributed by atoms with Crippen molar-refractivity contribution in [1.29, 1.82) is 0 Å². The molecule has 0 saturated carbocycles. The predicted octanol–water partition coefficient (Wildman–Crippen LogP) is 2.08. The van der Waals surface area contributed by atoms with Gasteiger partial charge in [0.15, 0.2) is 11.0 Å². The predicted molar refractivity (Wildman–Crippen MR) is 95.6 cm³/mol. The molecule has 1 aromatic carbocycles. The van der Waals surface area contributed by atoms with Gasteiger partial charge >= 0.3 is 0 Å². The minimum absolute atomic E-state index is 0.0570. The van der Waals surface area contributed by atoms with Crippen LogP contribution in [0.3, 0.4) is 0 Å². The van der Waals surface area contributed by atoms with Gasteiger partial charge in [-0.2, -0.15) is 0 Å². The lowest BCUT2D eigenvalue weighted by Crippen LogP contribution is -2.41. The molecule has 25 heavy (non-hydrogen) atoms. The van der Waals surface area contributed by atoms with E-state index in [-0.39, 0.29) is 11.8 Å². The van der Waals surface area contributed by atoms with Crippen LogP contribution < -0.4 is 16.0 Å². The molecule has 0 radical (unpaired) electrons. The Labute approximate surface area is 150 Å². The maximum Gasteiger partial charge on any atom is 0.248 e. The summed E-state index contributed by atoms with van der Waals surface area (Å²) in [5, 5.41) is 11.2. The summed E-state index contributed by atoms with van der Waals surface area (Å²) in [4.78, 5) is 25.6. The molecule has 0 spiro atoms. The first kappa shape index (κ1) is 17.2. The van der Waals surface area contributed by atoms with Gasteiger partial charge < -0.3 is 16.0 Å². The quantitative estimate of drug-likeness (QED) is 0.870. The highest BCUT2D eigenvalue weighted by atomic mass is 35.5. The summed E-state index contributed by atoms with van der Waals surface area (Å²) in [6.07, 6.45) is 1.70. The average Bonchev–Trinajstić information content (AvgIpc) is 2.63. The van der Waals surface area contributed by atoms with Crippen LogP contribution in [0.15, 0.2) is 36.4 Å². The summed E-state index contributed by atoms with van der Waals surface area (Å²) in [5.74, 6) is 0.0121. The molecule has 1 atom stereocenters. The zero-order valence-electron chi connectivity index (χ0n) is 13.5. The highest BCUT2D eigenvalue weighted by Crippen LogP contribution is 2.23. The number of hydrogen-bond donors (Lipinski definition) is 2. The van der Waals surface area contributed by atoms with Crippen LogP contribution >= 0.6 is 11.6 Å². The monoisotopic (exact) mass is 359 g/mol. The number of aromatic nitrogens is 2. The van der Waals surface area contributed by atoms with E-state index in [2.05, 4.69) is 15.5 Å². The number of anilines is 2. The fourth-order valence-corrected chi connectivity index (χ4v) is 2.94. The summed E-state index contributed by atoms with van der Waals surface area (Å²) in [5.41, 5.74) is 6.25. The van der Waals surface area contributed by atoms with E-state index in [4.69, 9.17) is 17.3 Å². The van der Waals surface area contributed by atoms with E-state index in [0.29, 0.717) is 28.8 Å². The van der Waals surface area contributed by atoms with E-state index < -0.39 is 5.91 Å². The van der Waals surface area contributed by atoms with Gasteiger partial charge in [0.25, 0.3) is 0 Å². The van der Waals surface area contributed by atoms with Crippen molar-refractivity contribution in [1.82, 2.24) is 10.2 Å². The number of nitrogens with two attached hydrogens (primary N) is 1. The zero-order valence-corrected chi connectivity index (χ0v) is 14.2. The van der Waals surface area contributed by atoms with E-state index in [1.54, 1.807) is 36.4 Å². The molecule has 3 N–H and O–H groups in total. The van der Waals surface area contributed by atoms with Crippen LogP contribution in [0.25, 0.3) is 0 Å². The fraction of sp³-hybridized carbons (Fsp3) is 0.294. The van der Waals surface area contributed by atoms with Crippen LogP contribution in [0, 0.1) is 5.92 Å². The second-order valence-corrected chi connectivity index (χ2v) is 6.32. The van der Waals surface area contributed by atoms with Gasteiger partial charge in [-0.15, -0.1) is 10.2 Å². The van der Waals surface area contributed by atoms with Crippen molar-refractivity contribution in [3.8, 4) is 0 Å². The van der Waals surface area contributed by atoms with Crippen molar-refractivity contribution in [2.24, 2.45) is 11.7 Å². The Bertz CT molecular complexity index is 764. The minimum Gasteiger partial charge on any atom is -0.366 e. The molecule has 0 aliphatic carbocycles. The number of primary amides is 1. The van der Waals surface area contributed by atoms with Gasteiger partial charge in [0, 0.05) is 24.3 Å². The highest BCUT2D eigenvalue weighted by molar-refractivity contribution is 6.29. The summed E-state index contributed by atoms with van der Waals surface area (Å²) < 4.78 is 0. The molecule has 1 aliphatic rings. The van der Waals surface area contributed by atoms with Crippen molar-refractivity contribution < 1.29 is 9.59 Å². The Morgan fingerprint density at radius 3 is 2.56 bits per heavy atom. The average molecular weight is 360 g/mol. The normalized spacial score (nSPS) is 17.2. The molecular weight excluding hydrogens is 342 g/mol. The molecule has 1 aromatic heterocycles. The number of carbonyl (C=O) groups excluding carboxylic acids is 2. The Balaban J connectivity index is 1.63. The third-order valence-electron chi connectivity index (χ3n) is 4.17. The molecule has 1 saturated heterocycles. The van der Waals surface area contributed by atoms with Gasteiger partial charge in [-0.1, -0.05) is 11.6 Å². The Morgan fingerprint density at radius 2 is 1.92 bits per heavy atom. The van der Waals surface area contributed by atoms with Gasteiger partial charge in [0.2, 0.25) is 11.8 Å². The number of piperidine rings is 1. The number of amides is 2. The van der Waals surface area contributed by atoms with Crippen molar-refractivity contribution in [2.45, 2.75) is 12.8 Å². The molecule has 2 amide bonds. The summed E-state index contributed by atoms with van der Waals surface area (Å²) in [6, 6.07) is 10.0. The standard InChI is InChI=1S/C17H18ClN5O2/c18-14-7-8-15(22-21-14)23-9-1-2-12(10-23)17(25)20-13-5-3-11(4-6-13)16(19)24/h3-8,12H,1-2,9-10H2,(H2,19,24)(H,20,25)/t12-/m1/s1. The molecule has 2 aromatic rings. The van der Waals surface area contributed by atoms with Gasteiger partial charge in [-0.05, 0) is 49.2 Å². The van der Waals surface area contributed by atoms with Crippen molar-refractivity contribution in [3.05, 3.63) is 47.1 Å². The van der Waals surface area contributed by atoms with Crippen LogP contribution in [-0.4, -0.2) is 35.1 Å². The molecule has 2 heterocycles. The van der Waals surface area contributed by atoms with Crippen LogP contribution in [0.2, 0.25) is 5.15 Å². The number of nitrogens with one attached hydrogen (secondary N) is 1. The summed E-state index contributed by atoms with van der Waals surface area (Å²) in [6.45, 7) is 1.40. The second kappa shape index (κ2) is 7.48. The van der Waals surface area contributed by atoms with Crippen LogP contribution in [-0.2, 0) is 4.79 Å². The molecule has 130 valence electrons. The van der Waals surface area contributed by atoms with Crippen molar-refractivity contribution >= 4 is 34.9 Å². The lowest BCUT2D eigenvalue weighted by atomic mass is 9.97. The van der Waals surface area contributed by atoms with Crippen molar-refractivity contribution in [2.75, 3.05) is 23.3 Å². The smallest absolute Gasteiger partial charge is 0.248 e. The molecule has 1 aliphatic heterocycles. The Morgan fingerprint density at radius 1 is 1.16 bits per heavy atom. The first-order valence-corrected chi connectivity index (χ1v) is 8.35. The Hall–Kier alpha value is -2.67. The van der Waals surface area contributed by atoms with Crippen LogP contribution in [0.4, 0.5) is 11.5 Å². The fourth-order valence-electron chi connectivity index (χ4n) is 2.84. The van der Waals surface area contributed by atoms with Gasteiger partial charge in [-0.25, -0.2) is 0 Å². The van der Waals surface area contributed by atoms with Crippen LogP contribution in [0.5, 0.6) is 0 Å². The second-order valence-electron chi connectivity index (χ2n) is 5.93. The van der Waals surface area contributed by atoms with E-state index in [1.807, 2.05) is 4.90 Å². The molecule has 3 rings (SSSR count).